The van der Waals surface area contributed by atoms with E-state index in [1.54, 1.807) is 30.3 Å². The number of rotatable bonds is 9. The van der Waals surface area contributed by atoms with Crippen LogP contribution in [0.25, 0.3) is 22.3 Å². The highest BCUT2D eigenvalue weighted by Gasteiger charge is 2.21. The molecule has 0 aliphatic heterocycles. The van der Waals surface area contributed by atoms with E-state index in [0.29, 0.717) is 17.0 Å². The smallest absolute Gasteiger partial charge is 0.241 e. The zero-order chi connectivity index (χ0) is 24.1. The van der Waals surface area contributed by atoms with Crippen molar-refractivity contribution < 1.29 is 28.2 Å². The van der Waals surface area contributed by atoms with Crippen LogP contribution in [-0.2, 0) is 9.59 Å². The first-order chi connectivity index (χ1) is 15.8. The number of hydrogen-bond acceptors (Lipinski definition) is 8. The second-order valence-electron chi connectivity index (χ2n) is 7.17. The molecule has 0 bridgehead atoms. The average Bonchev–Trinajstić information content (AvgIpc) is 2.80. The van der Waals surface area contributed by atoms with Gasteiger partial charge < -0.3 is 35.4 Å². The number of fused-ring (bicyclic) bond motifs is 1. The summed E-state index contributed by atoms with van der Waals surface area (Å²) >= 11 is 0. The van der Waals surface area contributed by atoms with Gasteiger partial charge in [-0.1, -0.05) is 12.1 Å². The number of nitrogens with one attached hydrogen (secondary N) is 1. The second kappa shape index (κ2) is 10.0. The van der Waals surface area contributed by atoms with Crippen molar-refractivity contribution in [1.82, 2.24) is 0 Å². The van der Waals surface area contributed by atoms with E-state index in [9.17, 15) is 14.4 Å². The molecule has 10 heteroatoms. The van der Waals surface area contributed by atoms with E-state index in [1.807, 2.05) is 0 Å². The Morgan fingerprint density at radius 1 is 1.06 bits per heavy atom. The molecule has 1 aromatic heterocycles. The fourth-order valence-electron chi connectivity index (χ4n) is 3.34. The van der Waals surface area contributed by atoms with E-state index in [2.05, 4.69) is 5.32 Å². The van der Waals surface area contributed by atoms with Gasteiger partial charge in [-0.05, 0) is 18.6 Å². The van der Waals surface area contributed by atoms with Crippen LogP contribution < -0.4 is 36.4 Å². The van der Waals surface area contributed by atoms with Crippen LogP contribution in [0.2, 0.25) is 0 Å². The molecule has 1 heterocycles. The highest BCUT2D eigenvalue weighted by atomic mass is 16.5. The molecule has 1 atom stereocenters. The van der Waals surface area contributed by atoms with Gasteiger partial charge in [-0.15, -0.1) is 0 Å². The van der Waals surface area contributed by atoms with Crippen molar-refractivity contribution in [2.75, 3.05) is 26.6 Å². The Morgan fingerprint density at radius 2 is 1.79 bits per heavy atom. The molecule has 0 radical (unpaired) electrons. The third kappa shape index (κ3) is 5.07. The van der Waals surface area contributed by atoms with Gasteiger partial charge in [0.1, 0.15) is 16.7 Å². The minimum Gasteiger partial charge on any atom is -0.493 e. The number of nitrogens with two attached hydrogens (primary N) is 2. The van der Waals surface area contributed by atoms with Crippen molar-refractivity contribution in [2.45, 2.75) is 18.9 Å². The maximum Gasteiger partial charge on any atom is 0.241 e. The first kappa shape index (κ1) is 23.6. The SMILES string of the molecule is COc1cc2oc(-c3cccc(NC(=O)[C@@H](N)CCC(N)=O)c3)cc(=O)c2c(OC)c1OC. The second-order valence-corrected chi connectivity index (χ2v) is 7.17. The van der Waals surface area contributed by atoms with E-state index in [4.69, 9.17) is 30.1 Å². The molecule has 2 aromatic carbocycles. The summed E-state index contributed by atoms with van der Waals surface area (Å²) in [7, 11) is 4.33. The monoisotopic (exact) mass is 455 g/mol. The van der Waals surface area contributed by atoms with Crippen LogP contribution in [-0.4, -0.2) is 39.2 Å². The maximum absolute atomic E-state index is 12.9. The zero-order valence-electron chi connectivity index (χ0n) is 18.5. The van der Waals surface area contributed by atoms with Crippen LogP contribution in [0.1, 0.15) is 12.8 Å². The van der Waals surface area contributed by atoms with Gasteiger partial charge in [-0.2, -0.15) is 0 Å². The molecule has 10 nitrogen and oxygen atoms in total. The van der Waals surface area contributed by atoms with Crippen LogP contribution in [0.3, 0.4) is 0 Å². The van der Waals surface area contributed by atoms with Crippen molar-refractivity contribution in [1.29, 1.82) is 0 Å². The number of hydrogen-bond donors (Lipinski definition) is 3. The molecule has 0 saturated heterocycles. The van der Waals surface area contributed by atoms with Crippen LogP contribution in [0, 0.1) is 0 Å². The molecule has 0 aliphatic rings. The van der Waals surface area contributed by atoms with Gasteiger partial charge >= 0.3 is 0 Å². The molecule has 0 spiro atoms. The number of primary amides is 1. The molecule has 0 saturated carbocycles. The lowest BCUT2D eigenvalue weighted by Gasteiger charge is -2.15. The molecule has 0 aliphatic carbocycles. The van der Waals surface area contributed by atoms with Gasteiger partial charge in [0.15, 0.2) is 16.9 Å². The quantitative estimate of drug-likeness (QED) is 0.442. The summed E-state index contributed by atoms with van der Waals surface area (Å²) in [5.41, 5.74) is 11.8. The van der Waals surface area contributed by atoms with E-state index in [-0.39, 0.29) is 46.5 Å². The molecule has 0 unspecified atom stereocenters. The summed E-state index contributed by atoms with van der Waals surface area (Å²) < 4.78 is 22.0. The van der Waals surface area contributed by atoms with Crippen LogP contribution >= 0.6 is 0 Å². The normalized spacial score (nSPS) is 11.6. The van der Waals surface area contributed by atoms with Crippen LogP contribution in [0.5, 0.6) is 17.2 Å². The molecule has 174 valence electrons. The van der Waals surface area contributed by atoms with Crippen molar-refractivity contribution in [2.24, 2.45) is 11.5 Å². The first-order valence-corrected chi connectivity index (χ1v) is 10.0. The molecule has 33 heavy (non-hydrogen) atoms. The highest BCUT2D eigenvalue weighted by Crippen LogP contribution is 2.42. The number of carbonyl (C=O) groups is 2. The topological polar surface area (TPSA) is 156 Å². The van der Waals surface area contributed by atoms with Gasteiger partial charge in [0, 0.05) is 29.8 Å². The Bertz CT molecular complexity index is 1250. The van der Waals surface area contributed by atoms with Gasteiger partial charge in [-0.3, -0.25) is 14.4 Å². The fourth-order valence-corrected chi connectivity index (χ4v) is 3.34. The number of benzene rings is 2. The minimum absolute atomic E-state index is 0.00852. The maximum atomic E-state index is 12.9. The van der Waals surface area contributed by atoms with E-state index >= 15 is 0 Å². The first-order valence-electron chi connectivity index (χ1n) is 10.0. The Balaban J connectivity index is 1.98. The molecule has 2 amide bonds. The van der Waals surface area contributed by atoms with Crippen molar-refractivity contribution in [3.8, 4) is 28.6 Å². The summed E-state index contributed by atoms with van der Waals surface area (Å²) in [5, 5.41) is 2.90. The van der Waals surface area contributed by atoms with Crippen LogP contribution in [0.15, 0.2) is 45.6 Å². The largest absolute Gasteiger partial charge is 0.493 e. The standard InChI is InChI=1S/C23H25N3O7/c1-30-18-11-17-20(22(32-3)21(18)31-2)15(27)10-16(33-17)12-5-4-6-13(9-12)26-23(29)14(24)7-8-19(25)28/h4-6,9-11,14H,7-8,24H2,1-3H3,(H2,25,28)(H,26,29)/t14-/m0/s1. The van der Waals surface area contributed by atoms with Gasteiger partial charge in [0.2, 0.25) is 17.6 Å². The van der Waals surface area contributed by atoms with E-state index in [1.165, 1.54) is 27.4 Å². The summed E-state index contributed by atoms with van der Waals surface area (Å²) in [6.07, 6.45) is 0.141. The number of ether oxygens (including phenoxy) is 3. The van der Waals surface area contributed by atoms with Gasteiger partial charge in [0.25, 0.3) is 0 Å². The minimum atomic E-state index is -0.894. The predicted octanol–water partition coefficient (Wildman–Crippen LogP) is 2.02. The van der Waals surface area contributed by atoms with Gasteiger partial charge in [-0.25, -0.2) is 0 Å². The zero-order valence-corrected chi connectivity index (χ0v) is 18.5. The molecule has 3 aromatic rings. The van der Waals surface area contributed by atoms with Gasteiger partial charge in [0.05, 0.1) is 27.4 Å². The van der Waals surface area contributed by atoms with Crippen LogP contribution in [0.4, 0.5) is 5.69 Å². The Kier molecular flexibility index (Phi) is 7.19. The Hall–Kier alpha value is -4.05. The number of methoxy groups -OCH3 is 3. The summed E-state index contributed by atoms with van der Waals surface area (Å²) in [4.78, 5) is 36.1. The predicted molar refractivity (Wildman–Crippen MR) is 123 cm³/mol. The molecule has 3 rings (SSSR count). The fraction of sp³-hybridized carbons (Fsp3) is 0.261. The van der Waals surface area contributed by atoms with E-state index in [0.717, 1.165) is 0 Å². The number of amides is 2. The third-order valence-corrected chi connectivity index (χ3v) is 4.98. The molecular weight excluding hydrogens is 430 g/mol. The highest BCUT2D eigenvalue weighted by molar-refractivity contribution is 5.95. The third-order valence-electron chi connectivity index (χ3n) is 4.98. The summed E-state index contributed by atoms with van der Waals surface area (Å²) in [6, 6.07) is 8.71. The Labute approximate surface area is 189 Å². The van der Waals surface area contributed by atoms with E-state index < -0.39 is 17.9 Å². The lowest BCUT2D eigenvalue weighted by molar-refractivity contribution is -0.119. The number of carbonyl (C=O) groups excluding carboxylic acids is 2. The van der Waals surface area contributed by atoms with Crippen molar-refractivity contribution in [3.05, 3.63) is 46.6 Å². The lowest BCUT2D eigenvalue weighted by atomic mass is 10.1. The van der Waals surface area contributed by atoms with Crippen molar-refractivity contribution >= 4 is 28.5 Å². The average molecular weight is 455 g/mol. The summed E-state index contributed by atoms with van der Waals surface area (Å²) in [5.74, 6) is 0.111. The molecule has 0 fully saturated rings. The summed E-state index contributed by atoms with van der Waals surface area (Å²) in [6.45, 7) is 0. The molecule has 5 N–H and O–H groups in total. The lowest BCUT2D eigenvalue weighted by Crippen LogP contribution is -2.36. The Morgan fingerprint density at radius 3 is 2.42 bits per heavy atom. The van der Waals surface area contributed by atoms with Crippen molar-refractivity contribution in [3.63, 3.8) is 0 Å². The number of anilines is 1. The molecular formula is C23H25N3O7.